The Hall–Kier alpha value is -0.200. The highest BCUT2D eigenvalue weighted by Gasteiger charge is 2.47. The van der Waals surface area contributed by atoms with E-state index in [0.29, 0.717) is 13.0 Å². The van der Waals surface area contributed by atoms with Crippen LogP contribution in [-0.2, 0) is 0 Å². The summed E-state index contributed by atoms with van der Waals surface area (Å²) in [6.07, 6.45) is -0.685. The van der Waals surface area contributed by atoms with Crippen LogP contribution < -0.4 is 5.32 Å². The average Bonchev–Trinajstić information content (AvgIpc) is 2.23. The Labute approximate surface area is 97.1 Å². The van der Waals surface area contributed by atoms with E-state index in [1.165, 1.54) is 13.8 Å². The molecular formula is C11H25NO4. The second kappa shape index (κ2) is 5.93. The van der Waals surface area contributed by atoms with Crippen molar-refractivity contribution < 1.29 is 20.4 Å². The summed E-state index contributed by atoms with van der Waals surface area (Å²) in [5.41, 5.74) is -2.79. The fraction of sp³-hybridized carbons (Fsp3) is 1.00. The van der Waals surface area contributed by atoms with Crippen molar-refractivity contribution >= 4 is 0 Å². The maximum Gasteiger partial charge on any atom is 0.0953 e. The number of nitrogens with one attached hydrogen (secondary N) is 1. The van der Waals surface area contributed by atoms with Gasteiger partial charge in [0.15, 0.2) is 0 Å². The Balaban J connectivity index is 4.73. The van der Waals surface area contributed by atoms with Gasteiger partial charge in [-0.1, -0.05) is 6.92 Å². The molecule has 5 nitrogen and oxygen atoms in total. The highest BCUT2D eigenvalue weighted by atomic mass is 16.4. The third kappa shape index (κ3) is 3.40. The average molecular weight is 235 g/mol. The van der Waals surface area contributed by atoms with Crippen LogP contribution in [-0.4, -0.2) is 57.9 Å². The van der Waals surface area contributed by atoms with Crippen LogP contribution in [0.3, 0.4) is 0 Å². The van der Waals surface area contributed by atoms with Crippen LogP contribution in [0.15, 0.2) is 0 Å². The molecule has 0 amide bonds. The standard InChI is InChI=1S/C11H25NO4/c1-8(9(14)7-13)11(3,16)10(2,15)5-6-12-4/h8-9,12-16H,5-7H2,1-4H3. The second-order valence-electron chi connectivity index (χ2n) is 4.81. The lowest BCUT2D eigenvalue weighted by atomic mass is 9.73. The smallest absolute Gasteiger partial charge is 0.0953 e. The number of aliphatic hydroxyl groups excluding tert-OH is 2. The Bertz CT molecular complexity index is 206. The molecule has 0 aromatic carbocycles. The van der Waals surface area contributed by atoms with Gasteiger partial charge in [0.1, 0.15) is 0 Å². The van der Waals surface area contributed by atoms with Crippen LogP contribution in [0.25, 0.3) is 0 Å². The van der Waals surface area contributed by atoms with Gasteiger partial charge in [0.05, 0.1) is 23.9 Å². The van der Waals surface area contributed by atoms with E-state index >= 15 is 0 Å². The molecule has 0 saturated heterocycles. The highest BCUT2D eigenvalue weighted by molar-refractivity contribution is 4.98. The van der Waals surface area contributed by atoms with Crippen LogP contribution in [0.1, 0.15) is 27.2 Å². The van der Waals surface area contributed by atoms with Gasteiger partial charge in [-0.05, 0) is 33.9 Å². The van der Waals surface area contributed by atoms with E-state index in [-0.39, 0.29) is 0 Å². The molecular weight excluding hydrogens is 210 g/mol. The normalized spacial score (nSPS) is 23.2. The molecule has 0 heterocycles. The third-order valence-corrected chi connectivity index (χ3v) is 3.60. The van der Waals surface area contributed by atoms with Gasteiger partial charge in [-0.2, -0.15) is 0 Å². The van der Waals surface area contributed by atoms with E-state index in [1.54, 1.807) is 14.0 Å². The predicted octanol–water partition coefficient (Wildman–Crippen LogP) is -0.913. The van der Waals surface area contributed by atoms with E-state index in [9.17, 15) is 15.3 Å². The van der Waals surface area contributed by atoms with Crippen molar-refractivity contribution in [3.05, 3.63) is 0 Å². The minimum atomic E-state index is -1.47. The van der Waals surface area contributed by atoms with Crippen molar-refractivity contribution in [2.24, 2.45) is 5.92 Å². The van der Waals surface area contributed by atoms with E-state index in [4.69, 9.17) is 5.11 Å². The van der Waals surface area contributed by atoms with Crippen molar-refractivity contribution in [3.63, 3.8) is 0 Å². The largest absolute Gasteiger partial charge is 0.394 e. The van der Waals surface area contributed by atoms with E-state index in [2.05, 4.69) is 5.32 Å². The summed E-state index contributed by atoms with van der Waals surface area (Å²) >= 11 is 0. The van der Waals surface area contributed by atoms with Crippen molar-refractivity contribution in [2.75, 3.05) is 20.2 Å². The molecule has 5 N–H and O–H groups in total. The van der Waals surface area contributed by atoms with E-state index < -0.39 is 29.8 Å². The Morgan fingerprint density at radius 3 is 2.12 bits per heavy atom. The van der Waals surface area contributed by atoms with Crippen LogP contribution in [0.2, 0.25) is 0 Å². The molecule has 0 bridgehead atoms. The minimum absolute atomic E-state index is 0.360. The monoisotopic (exact) mass is 235 g/mol. The molecule has 0 aliphatic heterocycles. The minimum Gasteiger partial charge on any atom is -0.394 e. The van der Waals surface area contributed by atoms with Crippen molar-refractivity contribution in [3.8, 4) is 0 Å². The van der Waals surface area contributed by atoms with Gasteiger partial charge in [0.2, 0.25) is 0 Å². The molecule has 0 spiro atoms. The molecule has 0 radical (unpaired) electrons. The summed E-state index contributed by atoms with van der Waals surface area (Å²) in [6.45, 7) is 4.75. The molecule has 0 aromatic rings. The maximum atomic E-state index is 10.3. The zero-order chi connectivity index (χ0) is 13.0. The van der Waals surface area contributed by atoms with Crippen molar-refractivity contribution in [1.29, 1.82) is 0 Å². The van der Waals surface area contributed by atoms with Crippen LogP contribution in [0.5, 0.6) is 0 Å². The summed E-state index contributed by atoms with van der Waals surface area (Å²) in [7, 11) is 1.76. The highest BCUT2D eigenvalue weighted by Crippen LogP contribution is 2.33. The molecule has 0 rings (SSSR count). The molecule has 98 valence electrons. The molecule has 0 saturated carbocycles. The lowest BCUT2D eigenvalue weighted by Crippen LogP contribution is -2.58. The first-order valence-corrected chi connectivity index (χ1v) is 5.59. The van der Waals surface area contributed by atoms with Crippen molar-refractivity contribution in [2.45, 2.75) is 44.5 Å². The maximum absolute atomic E-state index is 10.3. The van der Waals surface area contributed by atoms with Crippen LogP contribution in [0.4, 0.5) is 0 Å². The fourth-order valence-corrected chi connectivity index (χ4v) is 1.64. The Morgan fingerprint density at radius 2 is 1.75 bits per heavy atom. The predicted molar refractivity (Wildman–Crippen MR) is 62.0 cm³/mol. The topological polar surface area (TPSA) is 93.0 Å². The number of hydrogen-bond donors (Lipinski definition) is 5. The summed E-state index contributed by atoms with van der Waals surface area (Å²) in [6, 6.07) is 0. The Morgan fingerprint density at radius 1 is 1.25 bits per heavy atom. The van der Waals surface area contributed by atoms with Crippen LogP contribution in [0, 0.1) is 5.92 Å². The van der Waals surface area contributed by atoms with Gasteiger partial charge in [-0.25, -0.2) is 0 Å². The molecule has 4 atom stereocenters. The SMILES string of the molecule is CNCCC(C)(O)C(C)(O)C(C)C(O)CO. The van der Waals surface area contributed by atoms with Crippen LogP contribution >= 0.6 is 0 Å². The van der Waals surface area contributed by atoms with Crippen molar-refractivity contribution in [1.82, 2.24) is 5.32 Å². The molecule has 0 aliphatic rings. The molecule has 5 heteroatoms. The zero-order valence-corrected chi connectivity index (χ0v) is 10.6. The Kier molecular flexibility index (Phi) is 5.86. The third-order valence-electron chi connectivity index (χ3n) is 3.60. The number of hydrogen-bond acceptors (Lipinski definition) is 5. The van der Waals surface area contributed by atoms with Gasteiger partial charge in [0, 0.05) is 5.92 Å². The molecule has 16 heavy (non-hydrogen) atoms. The van der Waals surface area contributed by atoms with Gasteiger partial charge >= 0.3 is 0 Å². The van der Waals surface area contributed by atoms with Gasteiger partial charge in [0.25, 0.3) is 0 Å². The van der Waals surface area contributed by atoms with E-state index in [1.807, 2.05) is 0 Å². The summed E-state index contributed by atoms with van der Waals surface area (Å²) in [5, 5.41) is 41.8. The summed E-state index contributed by atoms with van der Waals surface area (Å²) in [5.74, 6) is -0.621. The molecule has 0 aliphatic carbocycles. The van der Waals surface area contributed by atoms with Gasteiger partial charge in [-0.15, -0.1) is 0 Å². The fourth-order valence-electron chi connectivity index (χ4n) is 1.64. The zero-order valence-electron chi connectivity index (χ0n) is 10.6. The lowest BCUT2D eigenvalue weighted by Gasteiger charge is -2.44. The van der Waals surface area contributed by atoms with Gasteiger partial charge < -0.3 is 25.7 Å². The molecule has 4 unspecified atom stereocenters. The number of aliphatic hydroxyl groups is 4. The van der Waals surface area contributed by atoms with Gasteiger partial charge in [-0.3, -0.25) is 0 Å². The molecule has 0 fully saturated rings. The van der Waals surface area contributed by atoms with E-state index in [0.717, 1.165) is 0 Å². The first-order chi connectivity index (χ1) is 7.20. The number of rotatable bonds is 7. The lowest BCUT2D eigenvalue weighted by molar-refractivity contribution is -0.183. The summed E-state index contributed by atoms with van der Waals surface area (Å²) in [4.78, 5) is 0. The second-order valence-corrected chi connectivity index (χ2v) is 4.81. The first kappa shape index (κ1) is 15.8. The first-order valence-electron chi connectivity index (χ1n) is 5.59. The molecule has 0 aromatic heterocycles. The summed E-state index contributed by atoms with van der Waals surface area (Å²) < 4.78 is 0. The quantitative estimate of drug-likeness (QED) is 0.394.